The highest BCUT2D eigenvalue weighted by Gasteiger charge is 2.44. The summed E-state index contributed by atoms with van der Waals surface area (Å²) in [6, 6.07) is 27.7. The van der Waals surface area contributed by atoms with Gasteiger partial charge >= 0.3 is 17.2 Å². The fraction of sp³-hybridized carbons (Fsp3) is 0.400. The van der Waals surface area contributed by atoms with Crippen LogP contribution in [0.3, 0.4) is 0 Å². The lowest BCUT2D eigenvalue weighted by atomic mass is 9.73. The van der Waals surface area contributed by atoms with Gasteiger partial charge in [-0.05, 0) is 22.8 Å². The van der Waals surface area contributed by atoms with Crippen molar-refractivity contribution in [2.75, 3.05) is 33.5 Å². The van der Waals surface area contributed by atoms with Crippen LogP contribution in [0.5, 0.6) is 5.75 Å². The summed E-state index contributed by atoms with van der Waals surface area (Å²) in [6.07, 6.45) is 0. The molecule has 0 aromatic heterocycles. The van der Waals surface area contributed by atoms with Crippen molar-refractivity contribution in [1.29, 1.82) is 0 Å². The molecule has 0 unspecified atom stereocenters. The molecule has 2 aliphatic rings. The van der Waals surface area contributed by atoms with Gasteiger partial charge in [-0.15, -0.1) is 0 Å². The van der Waals surface area contributed by atoms with E-state index in [-0.39, 0.29) is 16.2 Å². The molecule has 2 aliphatic heterocycles. The standard InChI is InChI=1S/C30H36O6P2/c1-28(2,23-12-8-6-9-13-23)25-16-17-27(26(18-25)29(3,4)24-14-10-7-11-15-24)36-38-34-21-30(22-35-38)19-32-37(31-5)33-20-30/h6-18H,19-22H2,1-5H3. The Morgan fingerprint density at radius 2 is 1.13 bits per heavy atom. The van der Waals surface area contributed by atoms with Crippen LogP contribution in [0.15, 0.2) is 78.9 Å². The minimum Gasteiger partial charge on any atom is -0.426 e. The van der Waals surface area contributed by atoms with Crippen molar-refractivity contribution < 1.29 is 27.1 Å². The van der Waals surface area contributed by atoms with Gasteiger partial charge in [0.15, 0.2) is 0 Å². The molecule has 3 aromatic rings. The molecule has 0 saturated carbocycles. The minimum atomic E-state index is -1.56. The van der Waals surface area contributed by atoms with E-state index in [4.69, 9.17) is 27.1 Å². The third-order valence-electron chi connectivity index (χ3n) is 7.59. The predicted octanol–water partition coefficient (Wildman–Crippen LogP) is 7.90. The van der Waals surface area contributed by atoms with Crippen LogP contribution < -0.4 is 4.52 Å². The maximum absolute atomic E-state index is 6.46. The number of hydrogen-bond acceptors (Lipinski definition) is 6. The summed E-state index contributed by atoms with van der Waals surface area (Å²) >= 11 is 0. The molecule has 0 N–H and O–H groups in total. The van der Waals surface area contributed by atoms with Gasteiger partial charge in [-0.1, -0.05) is 100 Å². The second-order valence-electron chi connectivity index (χ2n) is 11.0. The first-order valence-electron chi connectivity index (χ1n) is 12.8. The van der Waals surface area contributed by atoms with Crippen LogP contribution in [0.1, 0.15) is 49.9 Å². The van der Waals surface area contributed by atoms with Crippen molar-refractivity contribution >= 4 is 17.2 Å². The summed E-state index contributed by atoms with van der Waals surface area (Å²) in [6.45, 7) is 10.8. The maximum Gasteiger partial charge on any atom is 0.397 e. The van der Waals surface area contributed by atoms with E-state index in [1.54, 1.807) is 7.11 Å². The summed E-state index contributed by atoms with van der Waals surface area (Å²) in [5.74, 6) is 0.771. The van der Waals surface area contributed by atoms with Crippen molar-refractivity contribution in [1.82, 2.24) is 0 Å². The van der Waals surface area contributed by atoms with Crippen molar-refractivity contribution in [2.45, 2.75) is 38.5 Å². The Morgan fingerprint density at radius 3 is 1.66 bits per heavy atom. The molecule has 38 heavy (non-hydrogen) atoms. The lowest BCUT2D eigenvalue weighted by molar-refractivity contribution is -0.0701. The molecular formula is C30H36O6P2. The SMILES string of the molecule is COP1OCC2(CO1)COP(Oc1ccc(C(C)(C)c3ccccc3)cc1C(C)(C)c1ccccc1)OC2. The van der Waals surface area contributed by atoms with Crippen LogP contribution in [0, 0.1) is 5.41 Å². The fourth-order valence-electron chi connectivity index (χ4n) is 4.84. The summed E-state index contributed by atoms with van der Waals surface area (Å²) in [5, 5.41) is 0. The van der Waals surface area contributed by atoms with Gasteiger partial charge < -0.3 is 27.1 Å². The van der Waals surface area contributed by atoms with E-state index in [9.17, 15) is 0 Å². The maximum atomic E-state index is 6.46. The van der Waals surface area contributed by atoms with E-state index >= 15 is 0 Å². The molecule has 202 valence electrons. The molecule has 0 bridgehead atoms. The van der Waals surface area contributed by atoms with E-state index in [0.29, 0.717) is 26.4 Å². The summed E-state index contributed by atoms with van der Waals surface area (Å²) in [4.78, 5) is 0. The first-order chi connectivity index (χ1) is 18.2. The van der Waals surface area contributed by atoms with Crippen LogP contribution >= 0.6 is 17.2 Å². The third kappa shape index (κ3) is 5.69. The summed E-state index contributed by atoms with van der Waals surface area (Å²) in [5.41, 5.74) is 3.96. The fourth-order valence-corrected chi connectivity index (χ4v) is 7.14. The van der Waals surface area contributed by atoms with Crippen LogP contribution in [-0.2, 0) is 33.4 Å². The lowest BCUT2D eigenvalue weighted by Gasteiger charge is -2.41. The van der Waals surface area contributed by atoms with E-state index in [1.165, 1.54) is 16.7 Å². The van der Waals surface area contributed by atoms with Gasteiger partial charge in [0.25, 0.3) is 0 Å². The highest BCUT2D eigenvalue weighted by atomic mass is 31.2. The molecule has 2 saturated heterocycles. The average Bonchev–Trinajstić information content (AvgIpc) is 2.96. The van der Waals surface area contributed by atoms with Crippen molar-refractivity contribution in [3.63, 3.8) is 0 Å². The lowest BCUT2D eigenvalue weighted by Crippen LogP contribution is -2.45. The van der Waals surface area contributed by atoms with Gasteiger partial charge in [0, 0.05) is 23.5 Å². The second kappa shape index (κ2) is 11.3. The Labute approximate surface area is 228 Å². The van der Waals surface area contributed by atoms with Crippen LogP contribution in [-0.4, -0.2) is 33.5 Å². The average molecular weight is 555 g/mol. The van der Waals surface area contributed by atoms with Gasteiger partial charge in [0.2, 0.25) is 0 Å². The second-order valence-corrected chi connectivity index (χ2v) is 13.5. The van der Waals surface area contributed by atoms with Gasteiger partial charge in [-0.3, -0.25) is 0 Å². The van der Waals surface area contributed by atoms with Gasteiger partial charge in [0.05, 0.1) is 31.8 Å². The normalized spacial score (nSPS) is 24.3. The number of rotatable bonds is 7. The minimum absolute atomic E-state index is 0.181. The highest BCUT2D eigenvalue weighted by Crippen LogP contribution is 2.54. The smallest absolute Gasteiger partial charge is 0.397 e. The Morgan fingerprint density at radius 1 is 0.632 bits per heavy atom. The summed E-state index contributed by atoms with van der Waals surface area (Å²) < 4.78 is 35.3. The van der Waals surface area contributed by atoms with Crippen molar-refractivity contribution in [2.24, 2.45) is 5.41 Å². The van der Waals surface area contributed by atoms with E-state index in [2.05, 4.69) is 100 Å². The molecule has 8 heteroatoms. The molecule has 3 aromatic carbocycles. The molecule has 6 nitrogen and oxygen atoms in total. The van der Waals surface area contributed by atoms with Crippen molar-refractivity contribution in [3.05, 3.63) is 101 Å². The van der Waals surface area contributed by atoms with Crippen molar-refractivity contribution in [3.8, 4) is 5.75 Å². The third-order valence-corrected chi connectivity index (χ3v) is 9.60. The first kappa shape index (κ1) is 27.7. The monoisotopic (exact) mass is 554 g/mol. The zero-order valence-electron chi connectivity index (χ0n) is 22.7. The Hall–Kier alpha value is -1.88. The quantitative estimate of drug-likeness (QED) is 0.277. The van der Waals surface area contributed by atoms with E-state index in [0.717, 1.165) is 11.3 Å². The molecule has 2 fully saturated rings. The first-order valence-corrected chi connectivity index (χ1v) is 15.0. The Balaban J connectivity index is 1.42. The highest BCUT2D eigenvalue weighted by molar-refractivity contribution is 7.42. The molecule has 0 amide bonds. The van der Waals surface area contributed by atoms with Gasteiger partial charge in [0.1, 0.15) is 5.75 Å². The summed E-state index contributed by atoms with van der Waals surface area (Å²) in [7, 11) is -1.25. The zero-order valence-corrected chi connectivity index (χ0v) is 24.5. The van der Waals surface area contributed by atoms with Crippen LogP contribution in [0.2, 0.25) is 0 Å². The molecular weight excluding hydrogens is 518 g/mol. The Kier molecular flexibility index (Phi) is 8.24. The van der Waals surface area contributed by atoms with Gasteiger partial charge in [-0.25, -0.2) is 0 Å². The predicted molar refractivity (Wildman–Crippen MR) is 151 cm³/mol. The molecule has 0 radical (unpaired) electrons. The molecule has 5 rings (SSSR count). The molecule has 0 aliphatic carbocycles. The van der Waals surface area contributed by atoms with Gasteiger partial charge in [-0.2, -0.15) is 0 Å². The van der Waals surface area contributed by atoms with E-state index < -0.39 is 17.2 Å². The number of benzene rings is 3. The van der Waals surface area contributed by atoms with Crippen LogP contribution in [0.25, 0.3) is 0 Å². The number of hydrogen-bond donors (Lipinski definition) is 0. The molecule has 1 spiro atoms. The molecule has 2 heterocycles. The Bertz CT molecular complexity index is 1200. The van der Waals surface area contributed by atoms with Crippen LogP contribution in [0.4, 0.5) is 0 Å². The molecule has 0 atom stereocenters. The topological polar surface area (TPSA) is 55.4 Å². The zero-order chi connectivity index (χ0) is 26.8. The van der Waals surface area contributed by atoms with E-state index in [1.807, 2.05) is 6.07 Å². The largest absolute Gasteiger partial charge is 0.426 e.